The van der Waals surface area contributed by atoms with Gasteiger partial charge in [-0.05, 0) is 18.6 Å². The minimum Gasteiger partial charge on any atom is -0.493 e. The van der Waals surface area contributed by atoms with Gasteiger partial charge in [-0.15, -0.1) is 0 Å². The number of hydrogen-bond donors (Lipinski definition) is 0. The average molecular weight is 277 g/mol. The highest BCUT2D eigenvalue weighted by Crippen LogP contribution is 2.18. The molecule has 0 aliphatic carbocycles. The van der Waals surface area contributed by atoms with Gasteiger partial charge in [-0.2, -0.15) is 0 Å². The van der Waals surface area contributed by atoms with Crippen molar-refractivity contribution in [2.24, 2.45) is 5.92 Å². The molecule has 1 aromatic carbocycles. The number of likely N-dealkylation sites (tertiary alicyclic amines) is 1. The number of ether oxygens (including phenoxy) is 2. The zero-order valence-electron chi connectivity index (χ0n) is 11.6. The van der Waals surface area contributed by atoms with Crippen LogP contribution in [0.5, 0.6) is 5.75 Å². The van der Waals surface area contributed by atoms with Gasteiger partial charge in [-0.1, -0.05) is 18.2 Å². The van der Waals surface area contributed by atoms with Gasteiger partial charge in [-0.3, -0.25) is 9.59 Å². The molecule has 1 aliphatic rings. The molecular formula is C15H19NO4. The van der Waals surface area contributed by atoms with Gasteiger partial charge >= 0.3 is 5.97 Å². The Morgan fingerprint density at radius 3 is 2.75 bits per heavy atom. The molecule has 0 bridgehead atoms. The van der Waals surface area contributed by atoms with E-state index in [4.69, 9.17) is 9.47 Å². The average Bonchev–Trinajstić information content (AvgIpc) is 2.97. The number of nitrogens with zero attached hydrogens (tertiary/aromatic N) is 1. The summed E-state index contributed by atoms with van der Waals surface area (Å²) in [6, 6.07) is 9.40. The van der Waals surface area contributed by atoms with Crippen LogP contribution in [0.1, 0.15) is 12.8 Å². The molecule has 1 aromatic rings. The van der Waals surface area contributed by atoms with Gasteiger partial charge in [0.05, 0.1) is 26.1 Å². The van der Waals surface area contributed by atoms with Crippen molar-refractivity contribution >= 4 is 11.9 Å². The lowest BCUT2D eigenvalue weighted by atomic mass is 10.1. The van der Waals surface area contributed by atoms with Crippen LogP contribution in [0, 0.1) is 5.92 Å². The SMILES string of the molecule is COC(=O)C1CCN(C(=O)CCOc2ccccc2)C1. The fourth-order valence-corrected chi connectivity index (χ4v) is 2.28. The summed E-state index contributed by atoms with van der Waals surface area (Å²) in [4.78, 5) is 25.1. The van der Waals surface area contributed by atoms with E-state index in [0.29, 0.717) is 32.5 Å². The van der Waals surface area contributed by atoms with Crippen LogP contribution in [0.2, 0.25) is 0 Å². The van der Waals surface area contributed by atoms with Crippen molar-refractivity contribution in [3.63, 3.8) is 0 Å². The van der Waals surface area contributed by atoms with Crippen LogP contribution >= 0.6 is 0 Å². The van der Waals surface area contributed by atoms with Crippen LogP contribution in [0.25, 0.3) is 0 Å². The summed E-state index contributed by atoms with van der Waals surface area (Å²) in [5, 5.41) is 0. The van der Waals surface area contributed by atoms with Crippen molar-refractivity contribution in [2.75, 3.05) is 26.8 Å². The molecule has 5 nitrogen and oxygen atoms in total. The van der Waals surface area contributed by atoms with E-state index in [1.807, 2.05) is 30.3 Å². The lowest BCUT2D eigenvalue weighted by Crippen LogP contribution is -2.31. The Balaban J connectivity index is 1.72. The number of para-hydroxylation sites is 1. The van der Waals surface area contributed by atoms with Crippen LogP contribution < -0.4 is 4.74 Å². The predicted molar refractivity (Wildman–Crippen MR) is 73.3 cm³/mol. The van der Waals surface area contributed by atoms with Gasteiger partial charge in [0.15, 0.2) is 0 Å². The van der Waals surface area contributed by atoms with Crippen molar-refractivity contribution in [3.8, 4) is 5.75 Å². The van der Waals surface area contributed by atoms with Crippen molar-refractivity contribution in [1.82, 2.24) is 4.90 Å². The van der Waals surface area contributed by atoms with Crippen LogP contribution in [-0.4, -0.2) is 43.6 Å². The number of rotatable bonds is 5. The monoisotopic (exact) mass is 277 g/mol. The molecule has 1 heterocycles. The molecule has 1 saturated heterocycles. The molecule has 2 rings (SSSR count). The third-order valence-corrected chi connectivity index (χ3v) is 3.40. The summed E-state index contributed by atoms with van der Waals surface area (Å²) < 4.78 is 10.2. The summed E-state index contributed by atoms with van der Waals surface area (Å²) in [6.07, 6.45) is 1.00. The van der Waals surface area contributed by atoms with E-state index in [2.05, 4.69) is 0 Å². The number of carbonyl (C=O) groups is 2. The fraction of sp³-hybridized carbons (Fsp3) is 0.467. The minimum atomic E-state index is -0.235. The Labute approximate surface area is 118 Å². The molecule has 1 unspecified atom stereocenters. The number of carbonyl (C=O) groups excluding carboxylic acids is 2. The second-order valence-electron chi connectivity index (χ2n) is 4.76. The number of amides is 1. The third kappa shape index (κ3) is 3.73. The lowest BCUT2D eigenvalue weighted by Gasteiger charge is -2.16. The molecule has 5 heteroatoms. The second-order valence-corrected chi connectivity index (χ2v) is 4.76. The van der Waals surface area contributed by atoms with Gasteiger partial charge in [0.25, 0.3) is 0 Å². The maximum atomic E-state index is 12.0. The summed E-state index contributed by atoms with van der Waals surface area (Å²) in [5.41, 5.74) is 0. The first-order chi connectivity index (χ1) is 9.70. The standard InChI is InChI=1S/C15H19NO4/c1-19-15(18)12-7-9-16(11-12)14(17)8-10-20-13-5-3-2-4-6-13/h2-6,12H,7-11H2,1H3. The topological polar surface area (TPSA) is 55.8 Å². The molecule has 1 aliphatic heterocycles. The van der Waals surface area contributed by atoms with E-state index in [-0.39, 0.29) is 17.8 Å². The first-order valence-electron chi connectivity index (χ1n) is 6.74. The normalized spacial score (nSPS) is 17.9. The molecule has 1 atom stereocenters. The van der Waals surface area contributed by atoms with E-state index >= 15 is 0 Å². The van der Waals surface area contributed by atoms with E-state index in [1.165, 1.54) is 7.11 Å². The summed E-state index contributed by atoms with van der Waals surface area (Å²) in [5.74, 6) is 0.362. The van der Waals surface area contributed by atoms with Gasteiger partial charge in [0.1, 0.15) is 5.75 Å². The minimum absolute atomic E-state index is 0.0207. The molecule has 108 valence electrons. The van der Waals surface area contributed by atoms with Crippen molar-refractivity contribution in [3.05, 3.63) is 30.3 Å². The molecule has 0 spiro atoms. The number of hydrogen-bond acceptors (Lipinski definition) is 4. The molecule has 0 radical (unpaired) electrons. The van der Waals surface area contributed by atoms with Crippen molar-refractivity contribution < 1.29 is 19.1 Å². The highest BCUT2D eigenvalue weighted by atomic mass is 16.5. The first kappa shape index (κ1) is 14.4. The Morgan fingerprint density at radius 1 is 1.30 bits per heavy atom. The Hall–Kier alpha value is -2.04. The number of benzene rings is 1. The fourth-order valence-electron chi connectivity index (χ4n) is 2.28. The van der Waals surface area contributed by atoms with Crippen LogP contribution in [0.4, 0.5) is 0 Å². The number of methoxy groups -OCH3 is 1. The Kier molecular flexibility index (Phi) is 4.98. The Morgan fingerprint density at radius 2 is 2.05 bits per heavy atom. The summed E-state index contributed by atoms with van der Waals surface area (Å²) in [7, 11) is 1.38. The molecule has 0 saturated carbocycles. The molecular weight excluding hydrogens is 258 g/mol. The van der Waals surface area contributed by atoms with Gasteiger partial charge in [-0.25, -0.2) is 0 Å². The maximum absolute atomic E-state index is 12.0. The zero-order chi connectivity index (χ0) is 14.4. The maximum Gasteiger partial charge on any atom is 0.310 e. The second kappa shape index (κ2) is 6.93. The van der Waals surface area contributed by atoms with E-state index in [1.54, 1.807) is 4.90 Å². The van der Waals surface area contributed by atoms with E-state index in [9.17, 15) is 9.59 Å². The van der Waals surface area contributed by atoms with Crippen LogP contribution in [0.3, 0.4) is 0 Å². The Bertz CT molecular complexity index is 460. The predicted octanol–water partition coefficient (Wildman–Crippen LogP) is 1.48. The summed E-state index contributed by atoms with van der Waals surface area (Å²) in [6.45, 7) is 1.42. The van der Waals surface area contributed by atoms with Crippen LogP contribution in [0.15, 0.2) is 30.3 Å². The molecule has 1 amide bonds. The van der Waals surface area contributed by atoms with Gasteiger partial charge < -0.3 is 14.4 Å². The smallest absolute Gasteiger partial charge is 0.310 e. The van der Waals surface area contributed by atoms with E-state index in [0.717, 1.165) is 5.75 Å². The molecule has 20 heavy (non-hydrogen) atoms. The van der Waals surface area contributed by atoms with Gasteiger partial charge in [0.2, 0.25) is 5.91 Å². The molecule has 0 aromatic heterocycles. The highest BCUT2D eigenvalue weighted by Gasteiger charge is 2.31. The van der Waals surface area contributed by atoms with Crippen molar-refractivity contribution in [1.29, 1.82) is 0 Å². The lowest BCUT2D eigenvalue weighted by molar-refractivity contribution is -0.145. The van der Waals surface area contributed by atoms with Gasteiger partial charge in [0, 0.05) is 13.1 Å². The molecule has 0 N–H and O–H groups in total. The molecule has 1 fully saturated rings. The highest BCUT2D eigenvalue weighted by molar-refractivity contribution is 5.79. The third-order valence-electron chi connectivity index (χ3n) is 3.40. The van der Waals surface area contributed by atoms with Crippen molar-refractivity contribution in [2.45, 2.75) is 12.8 Å². The quantitative estimate of drug-likeness (QED) is 0.765. The first-order valence-corrected chi connectivity index (χ1v) is 6.74. The van der Waals surface area contributed by atoms with E-state index < -0.39 is 0 Å². The van der Waals surface area contributed by atoms with Crippen LogP contribution in [-0.2, 0) is 14.3 Å². The largest absolute Gasteiger partial charge is 0.493 e. The summed E-state index contributed by atoms with van der Waals surface area (Å²) >= 11 is 0. The zero-order valence-corrected chi connectivity index (χ0v) is 11.6. The number of esters is 1.